The van der Waals surface area contributed by atoms with Gasteiger partial charge in [-0.3, -0.25) is 0 Å². The van der Waals surface area contributed by atoms with Gasteiger partial charge in [-0.25, -0.2) is 9.59 Å². The Morgan fingerprint density at radius 2 is 0.778 bits per heavy atom. The SMILES string of the molecule is O=C[C@H](O)[C@@H](O)[C@@H](O)[C@H](O)C(=O)O.O=C[C@H](O)[C@@H](O)[C@@H](O)[C@H](O)C(=O)O.[Ca]. The van der Waals surface area contributed by atoms with Crippen molar-refractivity contribution in [3.8, 4) is 0 Å². The molecule has 10 N–H and O–H groups in total. The van der Waals surface area contributed by atoms with Crippen LogP contribution < -0.4 is 0 Å². The van der Waals surface area contributed by atoms with E-state index in [1.165, 1.54) is 0 Å². The minimum absolute atomic E-state index is 0. The van der Waals surface area contributed by atoms with Crippen molar-refractivity contribution in [3.05, 3.63) is 0 Å². The Labute approximate surface area is 180 Å². The van der Waals surface area contributed by atoms with E-state index in [9.17, 15) is 19.2 Å². The van der Waals surface area contributed by atoms with E-state index in [-0.39, 0.29) is 50.3 Å². The second kappa shape index (κ2) is 15.2. The van der Waals surface area contributed by atoms with Crippen LogP contribution in [0.1, 0.15) is 0 Å². The molecule has 0 aliphatic rings. The number of carbonyl (C=O) groups is 4. The second-order valence-electron chi connectivity index (χ2n) is 4.78. The molecule has 0 heterocycles. The molecule has 0 spiro atoms. The Morgan fingerprint density at radius 1 is 0.556 bits per heavy atom. The topological polar surface area (TPSA) is 271 Å². The molecule has 0 rings (SSSR count). The maximum atomic E-state index is 10.1. The van der Waals surface area contributed by atoms with Crippen molar-refractivity contribution >= 4 is 62.2 Å². The standard InChI is InChI=1S/2C6H10O7.Ca/c2*7-1-2(8)3(9)4(10)5(11)6(12)13;/h2*1-5,8-11H,(H,12,13);/t2*2-,3+,4+,5-;/m00./s1. The molecule has 0 amide bonds. The van der Waals surface area contributed by atoms with Gasteiger partial charge in [-0.1, -0.05) is 0 Å². The van der Waals surface area contributed by atoms with Gasteiger partial charge in [-0.2, -0.15) is 0 Å². The van der Waals surface area contributed by atoms with Gasteiger partial charge in [0.05, 0.1) is 0 Å². The van der Waals surface area contributed by atoms with Crippen LogP contribution in [0.2, 0.25) is 0 Å². The smallest absolute Gasteiger partial charge is 0.335 e. The fraction of sp³-hybridized carbons (Fsp3) is 0.667. The fourth-order valence-corrected chi connectivity index (χ4v) is 1.23. The molecule has 0 fully saturated rings. The molecule has 2 radical (unpaired) electrons. The van der Waals surface area contributed by atoms with Crippen LogP contribution in [0.15, 0.2) is 0 Å². The summed E-state index contributed by atoms with van der Waals surface area (Å²) in [5.74, 6) is -3.52. The van der Waals surface area contributed by atoms with Crippen LogP contribution in [0.4, 0.5) is 0 Å². The number of carboxylic acids is 2. The van der Waals surface area contributed by atoms with Gasteiger partial charge in [0.2, 0.25) is 0 Å². The van der Waals surface area contributed by atoms with Gasteiger partial charge in [-0.15, -0.1) is 0 Å². The fourth-order valence-electron chi connectivity index (χ4n) is 1.23. The molecule has 0 aromatic heterocycles. The Morgan fingerprint density at radius 3 is 0.926 bits per heavy atom. The van der Waals surface area contributed by atoms with Crippen molar-refractivity contribution < 1.29 is 70.2 Å². The third-order valence-corrected chi connectivity index (χ3v) is 2.83. The quantitative estimate of drug-likeness (QED) is 0.114. The summed E-state index contributed by atoms with van der Waals surface area (Å²) in [6.07, 6.45) is -16.8. The summed E-state index contributed by atoms with van der Waals surface area (Å²) in [5.41, 5.74) is 0. The monoisotopic (exact) mass is 428 g/mol. The van der Waals surface area contributed by atoms with E-state index in [2.05, 4.69) is 0 Å². The summed E-state index contributed by atoms with van der Waals surface area (Å²) in [7, 11) is 0. The minimum atomic E-state index is -2.25. The molecule has 14 nitrogen and oxygen atoms in total. The molecule has 0 bridgehead atoms. The summed E-state index contributed by atoms with van der Waals surface area (Å²) < 4.78 is 0. The van der Waals surface area contributed by atoms with Crippen molar-refractivity contribution in [1.82, 2.24) is 0 Å². The Kier molecular flexibility index (Phi) is 17.4. The van der Waals surface area contributed by atoms with Crippen LogP contribution >= 0.6 is 0 Å². The number of aliphatic carboxylic acids is 2. The molecule has 27 heavy (non-hydrogen) atoms. The molecule has 0 saturated heterocycles. The van der Waals surface area contributed by atoms with Crippen molar-refractivity contribution in [2.45, 2.75) is 48.8 Å². The van der Waals surface area contributed by atoms with Crippen LogP contribution in [0.5, 0.6) is 0 Å². The zero-order chi connectivity index (χ0) is 21.2. The first kappa shape index (κ1) is 30.9. The Bertz CT molecular complexity index is 431. The summed E-state index contributed by atoms with van der Waals surface area (Å²) >= 11 is 0. The predicted octanol–water partition coefficient (Wildman–Crippen LogP) is -6.95. The van der Waals surface area contributed by atoms with Gasteiger partial charge in [0.1, 0.15) is 36.6 Å². The average Bonchev–Trinajstić information content (AvgIpc) is 2.62. The molecule has 8 atom stereocenters. The normalized spacial score (nSPS) is 19.3. The van der Waals surface area contributed by atoms with Crippen molar-refractivity contribution in [2.75, 3.05) is 0 Å². The first-order chi connectivity index (χ1) is 11.8. The zero-order valence-electron chi connectivity index (χ0n) is 13.6. The number of hydrogen-bond donors (Lipinski definition) is 10. The van der Waals surface area contributed by atoms with Gasteiger partial charge in [0.15, 0.2) is 24.8 Å². The number of aliphatic hydroxyl groups is 8. The molecular formula is C12H20CaO14. The van der Waals surface area contributed by atoms with E-state index >= 15 is 0 Å². The number of rotatable bonds is 10. The van der Waals surface area contributed by atoms with Gasteiger partial charge in [0, 0.05) is 37.7 Å². The Balaban J connectivity index is -0.000000411. The average molecular weight is 428 g/mol. The molecule has 15 heteroatoms. The van der Waals surface area contributed by atoms with Crippen molar-refractivity contribution in [2.24, 2.45) is 0 Å². The molecular weight excluding hydrogens is 408 g/mol. The van der Waals surface area contributed by atoms with E-state index < -0.39 is 60.8 Å². The molecule has 0 unspecified atom stereocenters. The molecule has 0 saturated carbocycles. The second-order valence-corrected chi connectivity index (χ2v) is 4.78. The van der Waals surface area contributed by atoms with E-state index in [1.807, 2.05) is 0 Å². The zero-order valence-corrected chi connectivity index (χ0v) is 15.8. The van der Waals surface area contributed by atoms with E-state index in [4.69, 9.17) is 51.1 Å². The van der Waals surface area contributed by atoms with Crippen LogP contribution in [-0.2, 0) is 19.2 Å². The first-order valence-corrected chi connectivity index (χ1v) is 6.64. The summed E-state index contributed by atoms with van der Waals surface area (Å²) in [4.78, 5) is 39.9. The van der Waals surface area contributed by atoms with Crippen molar-refractivity contribution in [1.29, 1.82) is 0 Å². The maximum absolute atomic E-state index is 10.1. The van der Waals surface area contributed by atoms with Gasteiger partial charge < -0.3 is 60.7 Å². The Hall–Kier alpha value is -0.780. The predicted molar refractivity (Wildman–Crippen MR) is 81.2 cm³/mol. The van der Waals surface area contributed by atoms with Crippen LogP contribution in [0, 0.1) is 0 Å². The summed E-state index contributed by atoms with van der Waals surface area (Å²) in [6.45, 7) is 0. The van der Waals surface area contributed by atoms with Gasteiger partial charge in [0.25, 0.3) is 0 Å². The van der Waals surface area contributed by atoms with E-state index in [0.717, 1.165) is 0 Å². The summed E-state index contributed by atoms with van der Waals surface area (Å²) in [5, 5.41) is 86.4. The number of carboxylic acid groups (broad SMARTS) is 2. The van der Waals surface area contributed by atoms with Crippen molar-refractivity contribution in [3.63, 3.8) is 0 Å². The maximum Gasteiger partial charge on any atom is 0.335 e. The van der Waals surface area contributed by atoms with Gasteiger partial charge in [-0.05, 0) is 0 Å². The molecule has 0 aliphatic carbocycles. The van der Waals surface area contributed by atoms with Crippen LogP contribution in [0.25, 0.3) is 0 Å². The number of aldehydes is 2. The third kappa shape index (κ3) is 11.0. The first-order valence-electron chi connectivity index (χ1n) is 6.64. The van der Waals surface area contributed by atoms with Crippen LogP contribution in [-0.4, -0.2) is 162 Å². The summed E-state index contributed by atoms with van der Waals surface area (Å²) in [6, 6.07) is 0. The molecule has 154 valence electrons. The third-order valence-electron chi connectivity index (χ3n) is 2.83. The van der Waals surface area contributed by atoms with Gasteiger partial charge >= 0.3 is 11.9 Å². The molecule has 0 aromatic rings. The number of aliphatic hydroxyl groups excluding tert-OH is 8. The van der Waals surface area contributed by atoms with Crippen LogP contribution in [0.3, 0.4) is 0 Å². The van der Waals surface area contributed by atoms with E-state index in [1.54, 1.807) is 0 Å². The minimum Gasteiger partial charge on any atom is -0.479 e. The van der Waals surface area contributed by atoms with E-state index in [0.29, 0.717) is 0 Å². The molecule has 0 aliphatic heterocycles. The largest absolute Gasteiger partial charge is 0.479 e. The number of hydrogen-bond acceptors (Lipinski definition) is 12. The number of carbonyl (C=O) groups excluding carboxylic acids is 2. The molecule has 0 aromatic carbocycles.